The van der Waals surface area contributed by atoms with Crippen molar-refractivity contribution >= 4 is 23.2 Å². The lowest BCUT2D eigenvalue weighted by Crippen LogP contribution is -2.27. The third-order valence-corrected chi connectivity index (χ3v) is 5.76. The molecule has 116 valence electrons. The third-order valence-electron chi connectivity index (χ3n) is 5.21. The van der Waals surface area contributed by atoms with E-state index in [9.17, 15) is 0 Å². The molecule has 2 aromatic rings. The van der Waals surface area contributed by atoms with Crippen LogP contribution in [0.5, 0.6) is 0 Å². The number of fused-ring (bicyclic) bond motifs is 3. The van der Waals surface area contributed by atoms with Crippen molar-refractivity contribution in [3.63, 3.8) is 0 Å². The predicted octanol–water partition coefficient (Wildman–Crippen LogP) is 6.58. The minimum absolute atomic E-state index is 0.0439. The van der Waals surface area contributed by atoms with Gasteiger partial charge in [0.1, 0.15) is 0 Å². The number of rotatable bonds is 2. The number of benzene rings is 2. The lowest BCUT2D eigenvalue weighted by molar-refractivity contribution is 0.445. The maximum atomic E-state index is 6.67. The molecule has 0 heterocycles. The summed E-state index contributed by atoms with van der Waals surface area (Å²) in [5.74, 6) is 0.374. The third kappa shape index (κ3) is 2.28. The van der Waals surface area contributed by atoms with Gasteiger partial charge in [-0.3, -0.25) is 0 Å². The lowest BCUT2D eigenvalue weighted by Gasteiger charge is -2.33. The van der Waals surface area contributed by atoms with Crippen LogP contribution in [0.15, 0.2) is 54.6 Å². The van der Waals surface area contributed by atoms with Crippen molar-refractivity contribution in [2.45, 2.75) is 25.7 Å². The Kier molecular flexibility index (Phi) is 3.44. The first kappa shape index (κ1) is 15.1. The Morgan fingerprint density at radius 1 is 0.957 bits per heavy atom. The molecule has 0 radical (unpaired) electrons. The summed E-state index contributed by atoms with van der Waals surface area (Å²) in [6, 6.07) is 10.4. The Labute approximate surface area is 147 Å². The largest absolute Gasteiger partial charge is 0.0843 e. The van der Waals surface area contributed by atoms with Gasteiger partial charge >= 0.3 is 0 Å². The van der Waals surface area contributed by atoms with Crippen molar-refractivity contribution in [1.29, 1.82) is 0 Å². The van der Waals surface area contributed by atoms with E-state index in [0.717, 1.165) is 16.5 Å². The normalized spacial score (nSPS) is 16.0. The SMILES string of the molecule is CC(C)(c1c(Cl)ccc2c1Cc1cc(Cl)ccc1-2)C1C=CC=C1. The number of hydrogen-bond acceptors (Lipinski definition) is 0. The van der Waals surface area contributed by atoms with Crippen molar-refractivity contribution in [3.05, 3.63) is 81.4 Å². The zero-order valence-electron chi connectivity index (χ0n) is 13.2. The van der Waals surface area contributed by atoms with Gasteiger partial charge in [-0.2, -0.15) is 0 Å². The van der Waals surface area contributed by atoms with Crippen LogP contribution in [0.1, 0.15) is 30.5 Å². The fourth-order valence-corrected chi connectivity index (χ4v) is 4.61. The summed E-state index contributed by atoms with van der Waals surface area (Å²) in [7, 11) is 0. The lowest BCUT2D eigenvalue weighted by atomic mass is 9.71. The molecule has 0 bridgehead atoms. The highest BCUT2D eigenvalue weighted by Crippen LogP contribution is 2.48. The quantitative estimate of drug-likeness (QED) is 0.493. The van der Waals surface area contributed by atoms with Gasteiger partial charge in [0.05, 0.1) is 0 Å². The van der Waals surface area contributed by atoms with E-state index in [0.29, 0.717) is 5.92 Å². The van der Waals surface area contributed by atoms with E-state index >= 15 is 0 Å². The van der Waals surface area contributed by atoms with E-state index in [2.05, 4.69) is 56.4 Å². The highest BCUT2D eigenvalue weighted by atomic mass is 35.5. The van der Waals surface area contributed by atoms with Crippen molar-refractivity contribution in [2.24, 2.45) is 5.92 Å². The summed E-state index contributed by atoms with van der Waals surface area (Å²) in [6.45, 7) is 4.57. The van der Waals surface area contributed by atoms with E-state index in [-0.39, 0.29) is 5.41 Å². The van der Waals surface area contributed by atoms with Gasteiger partial charge < -0.3 is 0 Å². The van der Waals surface area contributed by atoms with Crippen molar-refractivity contribution in [3.8, 4) is 11.1 Å². The molecule has 0 aromatic heterocycles. The molecule has 0 atom stereocenters. The first-order valence-electron chi connectivity index (χ1n) is 7.94. The number of halogens is 2. The number of allylic oxidation sites excluding steroid dienone is 4. The molecule has 0 fully saturated rings. The average Bonchev–Trinajstić information content (AvgIpc) is 3.13. The fraction of sp³-hybridized carbons (Fsp3) is 0.238. The van der Waals surface area contributed by atoms with E-state index < -0.39 is 0 Å². The van der Waals surface area contributed by atoms with Crippen LogP contribution in [0.4, 0.5) is 0 Å². The Balaban J connectivity index is 1.91. The van der Waals surface area contributed by atoms with Crippen molar-refractivity contribution in [2.75, 3.05) is 0 Å². The van der Waals surface area contributed by atoms with Gasteiger partial charge in [0.15, 0.2) is 0 Å². The maximum absolute atomic E-state index is 6.67. The van der Waals surface area contributed by atoms with Crippen LogP contribution in [0.3, 0.4) is 0 Å². The second kappa shape index (κ2) is 5.26. The van der Waals surface area contributed by atoms with E-state index in [4.69, 9.17) is 23.2 Å². The molecule has 0 spiro atoms. The van der Waals surface area contributed by atoms with Crippen LogP contribution in [-0.4, -0.2) is 0 Å². The topological polar surface area (TPSA) is 0 Å². The zero-order chi connectivity index (χ0) is 16.2. The molecule has 2 aromatic carbocycles. The van der Waals surface area contributed by atoms with Gasteiger partial charge in [0.2, 0.25) is 0 Å². The summed E-state index contributed by atoms with van der Waals surface area (Å²) in [5.41, 5.74) is 6.46. The molecule has 2 heteroatoms. The van der Waals surface area contributed by atoms with Crippen LogP contribution >= 0.6 is 23.2 Å². The smallest absolute Gasteiger partial charge is 0.0447 e. The molecule has 0 aliphatic heterocycles. The second-order valence-corrected chi connectivity index (χ2v) is 7.79. The highest BCUT2D eigenvalue weighted by molar-refractivity contribution is 6.32. The van der Waals surface area contributed by atoms with Crippen LogP contribution < -0.4 is 0 Å². The first-order chi connectivity index (χ1) is 11.0. The zero-order valence-corrected chi connectivity index (χ0v) is 14.7. The Bertz CT molecular complexity index is 844. The molecule has 0 N–H and O–H groups in total. The van der Waals surface area contributed by atoms with Crippen molar-refractivity contribution < 1.29 is 0 Å². The van der Waals surface area contributed by atoms with Crippen LogP contribution in [0.25, 0.3) is 11.1 Å². The molecule has 23 heavy (non-hydrogen) atoms. The molecule has 0 amide bonds. The van der Waals surface area contributed by atoms with Crippen LogP contribution in [0.2, 0.25) is 10.0 Å². The summed E-state index contributed by atoms with van der Waals surface area (Å²) in [4.78, 5) is 0. The minimum Gasteiger partial charge on any atom is -0.0843 e. The molecule has 0 unspecified atom stereocenters. The van der Waals surface area contributed by atoms with E-state index in [1.807, 2.05) is 12.1 Å². The average molecular weight is 341 g/mol. The Morgan fingerprint density at radius 3 is 2.39 bits per heavy atom. The Hall–Kier alpha value is -1.50. The summed E-state index contributed by atoms with van der Waals surface area (Å²) in [6.07, 6.45) is 9.67. The van der Waals surface area contributed by atoms with Gasteiger partial charge in [-0.1, -0.05) is 73.5 Å². The molecular weight excluding hydrogens is 323 g/mol. The first-order valence-corrected chi connectivity index (χ1v) is 8.70. The van der Waals surface area contributed by atoms with Gasteiger partial charge in [-0.05, 0) is 52.4 Å². The minimum atomic E-state index is -0.0439. The Morgan fingerprint density at radius 2 is 1.65 bits per heavy atom. The van der Waals surface area contributed by atoms with E-state index in [1.54, 1.807) is 0 Å². The molecule has 0 saturated carbocycles. The molecule has 2 aliphatic rings. The summed E-state index contributed by atoms with van der Waals surface area (Å²) < 4.78 is 0. The van der Waals surface area contributed by atoms with Gasteiger partial charge in [0.25, 0.3) is 0 Å². The number of hydrogen-bond donors (Lipinski definition) is 0. The molecule has 0 saturated heterocycles. The van der Waals surface area contributed by atoms with E-state index in [1.165, 1.54) is 27.8 Å². The molecule has 2 aliphatic carbocycles. The predicted molar refractivity (Wildman–Crippen MR) is 99.5 cm³/mol. The monoisotopic (exact) mass is 340 g/mol. The standard InChI is InChI=1S/C21H18Cl2/c1-21(2,14-5-3-4-6-14)20-18-12-13-11-15(22)7-8-16(13)17(18)9-10-19(20)23/h3-11,14H,12H2,1-2H3. The van der Waals surface area contributed by atoms with Gasteiger partial charge in [-0.25, -0.2) is 0 Å². The second-order valence-electron chi connectivity index (χ2n) is 6.94. The molecular formula is C21H18Cl2. The van der Waals surface area contributed by atoms with Gasteiger partial charge in [-0.15, -0.1) is 0 Å². The molecule has 4 rings (SSSR count). The van der Waals surface area contributed by atoms with Crippen LogP contribution in [-0.2, 0) is 11.8 Å². The summed E-state index contributed by atoms with van der Waals surface area (Å²) in [5, 5.41) is 1.66. The fourth-order valence-electron chi connectivity index (χ4n) is 3.99. The van der Waals surface area contributed by atoms with Crippen molar-refractivity contribution in [1.82, 2.24) is 0 Å². The maximum Gasteiger partial charge on any atom is 0.0447 e. The van der Waals surface area contributed by atoms with Gasteiger partial charge in [0, 0.05) is 21.4 Å². The highest BCUT2D eigenvalue weighted by Gasteiger charge is 2.35. The summed E-state index contributed by atoms with van der Waals surface area (Å²) >= 11 is 12.9. The van der Waals surface area contributed by atoms with Crippen LogP contribution in [0, 0.1) is 5.92 Å². The molecule has 0 nitrogen and oxygen atoms in total.